The van der Waals surface area contributed by atoms with E-state index in [1.165, 1.54) is 5.56 Å². The molecular formula is C25H27NO3. The average molecular weight is 389 g/mol. The predicted molar refractivity (Wildman–Crippen MR) is 115 cm³/mol. The van der Waals surface area contributed by atoms with Gasteiger partial charge in [-0.3, -0.25) is 9.69 Å². The molecule has 0 aromatic heterocycles. The summed E-state index contributed by atoms with van der Waals surface area (Å²) in [6.45, 7) is 2.89. The van der Waals surface area contributed by atoms with E-state index in [2.05, 4.69) is 23.1 Å². The number of fused-ring (bicyclic) bond motifs is 1. The molecule has 3 aromatic rings. The Labute approximate surface area is 171 Å². The fourth-order valence-corrected chi connectivity index (χ4v) is 4.23. The number of hydrogen-bond acceptors (Lipinski definition) is 4. The number of Topliss-reactive ketones (excluding diaryl/α,β-unsaturated/α-hetero) is 1. The van der Waals surface area contributed by atoms with E-state index in [0.29, 0.717) is 6.61 Å². The molecule has 150 valence electrons. The number of aliphatic hydroxyl groups excluding tert-OH is 1. The van der Waals surface area contributed by atoms with Crippen molar-refractivity contribution in [1.29, 1.82) is 0 Å². The number of benzene rings is 3. The molecule has 0 spiro atoms. The highest BCUT2D eigenvalue weighted by molar-refractivity contribution is 6.09. The molecule has 1 aliphatic heterocycles. The van der Waals surface area contributed by atoms with Crippen molar-refractivity contribution in [3.8, 4) is 5.75 Å². The quantitative estimate of drug-likeness (QED) is 0.612. The molecule has 0 radical (unpaired) electrons. The number of hydrogen-bond donors (Lipinski definition) is 1. The summed E-state index contributed by atoms with van der Waals surface area (Å²) >= 11 is 0. The summed E-state index contributed by atoms with van der Waals surface area (Å²) < 4.78 is 5.52. The van der Waals surface area contributed by atoms with Crippen LogP contribution in [-0.2, 0) is 6.54 Å². The smallest absolute Gasteiger partial charge is 0.167 e. The highest BCUT2D eigenvalue weighted by Crippen LogP contribution is 2.27. The molecule has 1 atom stereocenters. The maximum Gasteiger partial charge on any atom is 0.167 e. The first kappa shape index (κ1) is 19.6. The van der Waals surface area contributed by atoms with Gasteiger partial charge in [-0.15, -0.1) is 0 Å². The number of piperidine rings is 1. The lowest BCUT2D eigenvalue weighted by Gasteiger charge is -2.32. The van der Waals surface area contributed by atoms with Crippen LogP contribution in [0.2, 0.25) is 0 Å². The van der Waals surface area contributed by atoms with Gasteiger partial charge in [0.15, 0.2) is 5.78 Å². The van der Waals surface area contributed by atoms with Crippen LogP contribution in [0, 0.1) is 5.92 Å². The Kier molecular flexibility index (Phi) is 6.23. The van der Waals surface area contributed by atoms with Crippen molar-refractivity contribution in [2.75, 3.05) is 26.3 Å². The van der Waals surface area contributed by atoms with Gasteiger partial charge in [0.2, 0.25) is 0 Å². The van der Waals surface area contributed by atoms with Crippen molar-refractivity contribution < 1.29 is 14.6 Å². The molecule has 1 saturated heterocycles. The molecule has 29 heavy (non-hydrogen) atoms. The number of likely N-dealkylation sites (tertiary alicyclic amines) is 1. The second-order valence-corrected chi connectivity index (χ2v) is 7.68. The summed E-state index contributed by atoms with van der Waals surface area (Å²) in [5, 5.41) is 11.1. The fraction of sp³-hybridized carbons (Fsp3) is 0.320. The molecule has 0 amide bonds. The van der Waals surface area contributed by atoms with Gasteiger partial charge in [0.05, 0.1) is 6.61 Å². The molecule has 4 rings (SSSR count). The summed E-state index contributed by atoms with van der Waals surface area (Å²) in [5.74, 6) is 1.06. The lowest BCUT2D eigenvalue weighted by Crippen LogP contribution is -2.38. The third kappa shape index (κ3) is 4.66. The second-order valence-electron chi connectivity index (χ2n) is 7.68. The summed E-state index contributed by atoms with van der Waals surface area (Å²) in [6.07, 6.45) is 1.97. The lowest BCUT2D eigenvalue weighted by molar-refractivity contribution is 0.0813. The first-order valence-electron chi connectivity index (χ1n) is 10.3. The van der Waals surface area contributed by atoms with E-state index in [0.717, 1.165) is 54.6 Å². The number of ketones is 1. The Hall–Kier alpha value is -2.69. The number of aliphatic hydroxyl groups is 1. The molecule has 1 fully saturated rings. The molecule has 0 saturated carbocycles. The normalized spacial score (nSPS) is 17.3. The van der Waals surface area contributed by atoms with Crippen molar-refractivity contribution in [2.45, 2.75) is 19.4 Å². The fourth-order valence-electron chi connectivity index (χ4n) is 4.23. The molecular weight excluding hydrogens is 362 g/mol. The van der Waals surface area contributed by atoms with Gasteiger partial charge >= 0.3 is 0 Å². The molecule has 1 heterocycles. The number of nitrogens with zero attached hydrogens (tertiary/aromatic N) is 1. The summed E-state index contributed by atoms with van der Waals surface area (Å²) in [7, 11) is 0. The van der Waals surface area contributed by atoms with E-state index in [1.807, 2.05) is 48.5 Å². The van der Waals surface area contributed by atoms with E-state index in [1.54, 1.807) is 0 Å². The third-order valence-electron chi connectivity index (χ3n) is 5.60. The zero-order valence-electron chi connectivity index (χ0n) is 16.6. The monoisotopic (exact) mass is 389 g/mol. The van der Waals surface area contributed by atoms with Gasteiger partial charge in [-0.25, -0.2) is 0 Å². The highest BCUT2D eigenvalue weighted by Gasteiger charge is 2.27. The summed E-state index contributed by atoms with van der Waals surface area (Å²) in [4.78, 5) is 15.7. The molecule has 1 N–H and O–H groups in total. The molecule has 1 aliphatic rings. The van der Waals surface area contributed by atoms with E-state index in [4.69, 9.17) is 9.84 Å². The first-order chi connectivity index (χ1) is 14.2. The Morgan fingerprint density at radius 1 is 1.07 bits per heavy atom. The molecule has 4 heteroatoms. The van der Waals surface area contributed by atoms with E-state index < -0.39 is 0 Å². The van der Waals surface area contributed by atoms with Crippen LogP contribution in [0.5, 0.6) is 5.75 Å². The van der Waals surface area contributed by atoms with E-state index >= 15 is 0 Å². The number of carbonyl (C=O) groups is 1. The van der Waals surface area contributed by atoms with Crippen molar-refractivity contribution >= 4 is 16.6 Å². The van der Waals surface area contributed by atoms with Crippen LogP contribution >= 0.6 is 0 Å². The Morgan fingerprint density at radius 2 is 1.90 bits per heavy atom. The van der Waals surface area contributed by atoms with Gasteiger partial charge in [0.1, 0.15) is 12.4 Å². The maximum absolute atomic E-state index is 13.3. The van der Waals surface area contributed by atoms with Gasteiger partial charge in [0.25, 0.3) is 0 Å². The largest absolute Gasteiger partial charge is 0.491 e. The van der Waals surface area contributed by atoms with Gasteiger partial charge < -0.3 is 9.84 Å². The summed E-state index contributed by atoms with van der Waals surface area (Å²) in [5.41, 5.74) is 2.01. The zero-order chi connectivity index (χ0) is 20.1. The average Bonchev–Trinajstić information content (AvgIpc) is 2.77. The SMILES string of the molecule is O=C(c1cccc2ccccc12)[C@H]1CCCN(Cc2cccc(OCCO)c2)C1. The zero-order valence-corrected chi connectivity index (χ0v) is 16.6. The Bertz CT molecular complexity index is 979. The maximum atomic E-state index is 13.3. The molecule has 4 nitrogen and oxygen atoms in total. The van der Waals surface area contributed by atoms with Crippen LogP contribution in [0.4, 0.5) is 0 Å². The van der Waals surface area contributed by atoms with Crippen LogP contribution in [-0.4, -0.2) is 42.1 Å². The van der Waals surface area contributed by atoms with Crippen molar-refractivity contribution in [3.63, 3.8) is 0 Å². The number of rotatable bonds is 7. The second kappa shape index (κ2) is 9.21. The van der Waals surface area contributed by atoms with Crippen LogP contribution in [0.15, 0.2) is 66.7 Å². The minimum absolute atomic E-state index is 0.00825. The minimum Gasteiger partial charge on any atom is -0.491 e. The van der Waals surface area contributed by atoms with Gasteiger partial charge in [-0.05, 0) is 47.9 Å². The summed E-state index contributed by atoms with van der Waals surface area (Å²) in [6, 6.07) is 22.1. The third-order valence-corrected chi connectivity index (χ3v) is 5.60. The number of carbonyl (C=O) groups excluding carboxylic acids is 1. The van der Waals surface area contributed by atoms with Crippen molar-refractivity contribution in [3.05, 3.63) is 77.9 Å². The van der Waals surface area contributed by atoms with Gasteiger partial charge in [-0.2, -0.15) is 0 Å². The van der Waals surface area contributed by atoms with Gasteiger partial charge in [0, 0.05) is 24.6 Å². The Balaban J connectivity index is 1.46. The minimum atomic E-state index is 0.00825. The van der Waals surface area contributed by atoms with Crippen molar-refractivity contribution in [2.24, 2.45) is 5.92 Å². The number of ether oxygens (including phenoxy) is 1. The molecule has 3 aromatic carbocycles. The molecule has 0 unspecified atom stereocenters. The topological polar surface area (TPSA) is 49.8 Å². The van der Waals surface area contributed by atoms with Crippen LogP contribution in [0.3, 0.4) is 0 Å². The molecule has 0 aliphatic carbocycles. The highest BCUT2D eigenvalue weighted by atomic mass is 16.5. The van der Waals surface area contributed by atoms with Crippen LogP contribution in [0.25, 0.3) is 10.8 Å². The first-order valence-corrected chi connectivity index (χ1v) is 10.3. The van der Waals surface area contributed by atoms with E-state index in [-0.39, 0.29) is 18.3 Å². The molecule has 0 bridgehead atoms. The van der Waals surface area contributed by atoms with E-state index in [9.17, 15) is 4.79 Å². The predicted octanol–water partition coefficient (Wildman–Crippen LogP) is 4.31. The van der Waals surface area contributed by atoms with Crippen molar-refractivity contribution in [1.82, 2.24) is 4.90 Å². The standard InChI is InChI=1S/C25H27NO3/c27-14-15-29-22-10-3-6-19(16-22)17-26-13-5-9-21(18-26)25(28)24-12-4-8-20-7-1-2-11-23(20)24/h1-4,6-8,10-12,16,21,27H,5,9,13-15,17-18H2/t21-/m0/s1. The van der Waals surface area contributed by atoms with Gasteiger partial charge in [-0.1, -0.05) is 54.6 Å². The lowest BCUT2D eigenvalue weighted by atomic mass is 9.88. The Morgan fingerprint density at radius 3 is 2.79 bits per heavy atom. The van der Waals surface area contributed by atoms with Crippen LogP contribution < -0.4 is 4.74 Å². The van der Waals surface area contributed by atoms with Crippen LogP contribution in [0.1, 0.15) is 28.8 Å².